The highest BCUT2D eigenvalue weighted by atomic mass is 79.9. The number of ether oxygens (including phenoxy) is 2. The number of halogens is 2. The quantitative estimate of drug-likeness (QED) is 0.597. The summed E-state index contributed by atoms with van der Waals surface area (Å²) in [6, 6.07) is 8.13. The van der Waals surface area contributed by atoms with Gasteiger partial charge in [0.1, 0.15) is 5.82 Å². The number of methoxy groups -OCH3 is 1. The average Bonchev–Trinajstić information content (AvgIpc) is 2.53. The smallest absolute Gasteiger partial charge is 0.257 e. The Morgan fingerprint density at radius 3 is 2.65 bits per heavy atom. The summed E-state index contributed by atoms with van der Waals surface area (Å²) in [7, 11) is 1.51. The van der Waals surface area contributed by atoms with Gasteiger partial charge in [0, 0.05) is 21.4 Å². The second-order valence-electron chi connectivity index (χ2n) is 5.24. The summed E-state index contributed by atoms with van der Waals surface area (Å²) in [6.45, 7) is 0. The van der Waals surface area contributed by atoms with E-state index < -0.39 is 18.0 Å². The van der Waals surface area contributed by atoms with E-state index in [1.165, 1.54) is 31.4 Å². The van der Waals surface area contributed by atoms with Crippen LogP contribution in [0.2, 0.25) is 0 Å². The molecule has 0 fully saturated rings. The molecule has 23 heavy (non-hydrogen) atoms. The molecule has 2 aromatic carbocycles. The van der Waals surface area contributed by atoms with Crippen LogP contribution >= 0.6 is 15.9 Å². The Morgan fingerprint density at radius 2 is 2.04 bits per heavy atom. The first-order valence-corrected chi connectivity index (χ1v) is 7.71. The van der Waals surface area contributed by atoms with Crippen LogP contribution in [0.4, 0.5) is 4.39 Å². The Morgan fingerprint density at radius 1 is 1.35 bits per heavy atom. The van der Waals surface area contributed by atoms with E-state index in [1.54, 1.807) is 12.1 Å². The third kappa shape index (κ3) is 3.01. The first-order valence-electron chi connectivity index (χ1n) is 6.91. The molecule has 0 amide bonds. The lowest BCUT2D eigenvalue weighted by Crippen LogP contribution is -2.36. The second kappa shape index (κ2) is 6.16. The Kier molecular flexibility index (Phi) is 4.21. The van der Waals surface area contributed by atoms with Crippen molar-refractivity contribution in [2.24, 2.45) is 0 Å². The highest BCUT2D eigenvalue weighted by Crippen LogP contribution is 2.43. The average molecular weight is 382 g/mol. The van der Waals surface area contributed by atoms with Gasteiger partial charge in [-0.05, 0) is 29.8 Å². The van der Waals surface area contributed by atoms with Crippen LogP contribution in [0.1, 0.15) is 17.2 Å². The Bertz CT molecular complexity index is 750. The SMILES string of the molecule is COc1cc(Br)cc2c1OC(c1ccc(F)cc1)C([N+](=O)[O-])C2. The minimum absolute atomic E-state index is 0.209. The van der Waals surface area contributed by atoms with Gasteiger partial charge >= 0.3 is 0 Å². The third-order valence-electron chi connectivity index (χ3n) is 3.81. The maximum atomic E-state index is 13.1. The number of benzene rings is 2. The van der Waals surface area contributed by atoms with Gasteiger partial charge in [0.15, 0.2) is 17.6 Å². The summed E-state index contributed by atoms with van der Waals surface area (Å²) >= 11 is 3.36. The van der Waals surface area contributed by atoms with Gasteiger partial charge in [0.2, 0.25) is 0 Å². The summed E-state index contributed by atoms with van der Waals surface area (Å²) < 4.78 is 25.1. The maximum absolute atomic E-state index is 13.1. The highest BCUT2D eigenvalue weighted by molar-refractivity contribution is 9.10. The first kappa shape index (κ1) is 15.7. The highest BCUT2D eigenvalue weighted by Gasteiger charge is 2.41. The number of nitro groups is 1. The molecule has 0 aliphatic carbocycles. The van der Waals surface area contributed by atoms with E-state index in [0.29, 0.717) is 22.6 Å². The first-order chi connectivity index (χ1) is 11.0. The van der Waals surface area contributed by atoms with Gasteiger partial charge in [-0.3, -0.25) is 10.1 Å². The van der Waals surface area contributed by atoms with E-state index in [1.807, 2.05) is 0 Å². The summed E-state index contributed by atoms with van der Waals surface area (Å²) in [4.78, 5) is 11.1. The van der Waals surface area contributed by atoms with Crippen molar-refractivity contribution in [3.8, 4) is 11.5 Å². The molecule has 2 atom stereocenters. The summed E-state index contributed by atoms with van der Waals surface area (Å²) in [5, 5.41) is 11.5. The fraction of sp³-hybridized carbons (Fsp3) is 0.250. The van der Waals surface area contributed by atoms with Gasteiger partial charge < -0.3 is 9.47 Å². The normalized spacial score (nSPS) is 19.6. The number of hydrogen-bond acceptors (Lipinski definition) is 4. The van der Waals surface area contributed by atoms with Crippen LogP contribution in [-0.2, 0) is 6.42 Å². The molecule has 5 nitrogen and oxygen atoms in total. The van der Waals surface area contributed by atoms with E-state index in [9.17, 15) is 14.5 Å². The molecule has 0 bridgehead atoms. The van der Waals surface area contributed by atoms with Crippen LogP contribution in [0, 0.1) is 15.9 Å². The van der Waals surface area contributed by atoms with Crippen molar-refractivity contribution in [2.75, 3.05) is 7.11 Å². The molecular formula is C16H13BrFNO4. The number of hydrogen-bond donors (Lipinski definition) is 0. The predicted molar refractivity (Wildman–Crippen MR) is 84.9 cm³/mol. The topological polar surface area (TPSA) is 61.6 Å². The van der Waals surface area contributed by atoms with Crippen molar-refractivity contribution in [2.45, 2.75) is 18.6 Å². The number of fused-ring (bicyclic) bond motifs is 1. The lowest BCUT2D eigenvalue weighted by molar-refractivity contribution is -0.535. The maximum Gasteiger partial charge on any atom is 0.257 e. The zero-order chi connectivity index (χ0) is 16.6. The monoisotopic (exact) mass is 381 g/mol. The van der Waals surface area contributed by atoms with Gasteiger partial charge in [0.05, 0.1) is 7.11 Å². The lowest BCUT2D eigenvalue weighted by atomic mass is 9.93. The van der Waals surface area contributed by atoms with Crippen molar-refractivity contribution in [1.82, 2.24) is 0 Å². The van der Waals surface area contributed by atoms with Gasteiger partial charge in [0.25, 0.3) is 6.04 Å². The predicted octanol–water partition coefficient (Wildman–Crippen LogP) is 3.92. The Labute approximate surface area is 140 Å². The molecule has 0 saturated carbocycles. The molecule has 2 unspecified atom stereocenters. The van der Waals surface area contributed by atoms with E-state index in [4.69, 9.17) is 9.47 Å². The number of rotatable bonds is 3. The minimum atomic E-state index is -0.952. The minimum Gasteiger partial charge on any atom is -0.493 e. The zero-order valence-corrected chi connectivity index (χ0v) is 13.7. The fourth-order valence-corrected chi connectivity index (χ4v) is 3.21. The van der Waals surface area contributed by atoms with Crippen molar-refractivity contribution >= 4 is 15.9 Å². The van der Waals surface area contributed by atoms with E-state index in [-0.39, 0.29) is 11.3 Å². The van der Waals surface area contributed by atoms with Gasteiger partial charge in [-0.15, -0.1) is 0 Å². The van der Waals surface area contributed by atoms with Gasteiger partial charge in [-0.1, -0.05) is 28.1 Å². The van der Waals surface area contributed by atoms with E-state index in [2.05, 4.69) is 15.9 Å². The lowest BCUT2D eigenvalue weighted by Gasteiger charge is -2.30. The summed E-state index contributed by atoms with van der Waals surface area (Å²) in [5.41, 5.74) is 1.26. The molecular weight excluding hydrogens is 369 g/mol. The summed E-state index contributed by atoms with van der Waals surface area (Å²) in [5.74, 6) is 0.593. The van der Waals surface area contributed by atoms with Crippen LogP contribution in [0.3, 0.4) is 0 Å². The molecule has 0 aromatic heterocycles. The van der Waals surface area contributed by atoms with Crippen molar-refractivity contribution in [1.29, 1.82) is 0 Å². The second-order valence-corrected chi connectivity index (χ2v) is 6.16. The van der Waals surface area contributed by atoms with Crippen molar-refractivity contribution in [3.05, 3.63) is 67.9 Å². The van der Waals surface area contributed by atoms with Crippen LogP contribution in [-0.4, -0.2) is 18.1 Å². The van der Waals surface area contributed by atoms with Crippen LogP contribution in [0.15, 0.2) is 40.9 Å². The van der Waals surface area contributed by atoms with Crippen molar-refractivity contribution < 1.29 is 18.8 Å². The molecule has 0 saturated heterocycles. The van der Waals surface area contributed by atoms with Crippen LogP contribution < -0.4 is 9.47 Å². The molecule has 3 rings (SSSR count). The molecule has 1 aliphatic heterocycles. The molecule has 0 spiro atoms. The van der Waals surface area contributed by atoms with Crippen LogP contribution in [0.25, 0.3) is 0 Å². The molecule has 1 aliphatic rings. The molecule has 7 heteroatoms. The third-order valence-corrected chi connectivity index (χ3v) is 4.27. The molecule has 1 heterocycles. The van der Waals surface area contributed by atoms with Crippen molar-refractivity contribution in [3.63, 3.8) is 0 Å². The molecule has 2 aromatic rings. The fourth-order valence-electron chi connectivity index (χ4n) is 2.73. The molecule has 120 valence electrons. The van der Waals surface area contributed by atoms with Gasteiger partial charge in [-0.25, -0.2) is 4.39 Å². The Balaban J connectivity index is 2.06. The summed E-state index contributed by atoms with van der Waals surface area (Å²) in [6.07, 6.45) is -0.589. The largest absolute Gasteiger partial charge is 0.493 e. The van der Waals surface area contributed by atoms with Gasteiger partial charge in [-0.2, -0.15) is 0 Å². The Hall–Kier alpha value is -2.15. The van der Waals surface area contributed by atoms with E-state index in [0.717, 1.165) is 4.47 Å². The standard InChI is InChI=1S/C16H13BrFNO4/c1-22-14-8-11(17)6-10-7-13(19(20)21)15(23-16(10)14)9-2-4-12(18)5-3-9/h2-6,8,13,15H,7H2,1H3. The molecule has 0 N–H and O–H groups in total. The van der Waals surface area contributed by atoms with E-state index >= 15 is 0 Å². The zero-order valence-electron chi connectivity index (χ0n) is 12.2. The molecule has 0 radical (unpaired) electrons. The van der Waals surface area contributed by atoms with Crippen LogP contribution in [0.5, 0.6) is 11.5 Å². The number of nitrogens with zero attached hydrogens (tertiary/aromatic N) is 1.